The van der Waals surface area contributed by atoms with Crippen LogP contribution < -0.4 is 0 Å². The van der Waals surface area contributed by atoms with Crippen molar-refractivity contribution in [3.8, 4) is 0 Å². The molecule has 0 aromatic carbocycles. The topological polar surface area (TPSA) is 78.9 Å². The van der Waals surface area contributed by atoms with Crippen molar-refractivity contribution >= 4 is 17.9 Å². The van der Waals surface area contributed by atoms with E-state index in [0.29, 0.717) is 19.3 Å². The Morgan fingerprint density at radius 3 is 0.839 bits per heavy atom. The summed E-state index contributed by atoms with van der Waals surface area (Å²) in [4.78, 5) is 38.0. The van der Waals surface area contributed by atoms with Gasteiger partial charge in [0.1, 0.15) is 13.2 Å². The number of esters is 3. The van der Waals surface area contributed by atoms with Crippen LogP contribution in [0.15, 0.2) is 0 Å². The summed E-state index contributed by atoms with van der Waals surface area (Å²) < 4.78 is 16.9. The van der Waals surface area contributed by atoms with E-state index in [4.69, 9.17) is 14.2 Å². The van der Waals surface area contributed by atoms with Crippen LogP contribution in [0.5, 0.6) is 0 Å². The average Bonchev–Trinajstić information content (AvgIpc) is 3.27. The fourth-order valence-electron chi connectivity index (χ4n) is 8.54. The van der Waals surface area contributed by atoms with Crippen molar-refractivity contribution < 1.29 is 28.6 Å². The number of hydrogen-bond donors (Lipinski definition) is 0. The predicted octanol–water partition coefficient (Wildman–Crippen LogP) is 18.2. The van der Waals surface area contributed by atoms with Gasteiger partial charge in [0.15, 0.2) is 6.10 Å². The highest BCUT2D eigenvalue weighted by Gasteiger charge is 2.19. The minimum absolute atomic E-state index is 0.0624. The number of carbonyl (C=O) groups is 3. The van der Waals surface area contributed by atoms with Crippen LogP contribution in [0, 0.1) is 5.92 Å². The Balaban J connectivity index is 4.29. The van der Waals surface area contributed by atoms with Crippen molar-refractivity contribution in [1.29, 1.82) is 0 Å². The molecule has 0 saturated carbocycles. The highest BCUT2D eigenvalue weighted by molar-refractivity contribution is 5.71. The molecule has 0 fully saturated rings. The Hall–Kier alpha value is -1.59. The first-order valence-corrected chi connectivity index (χ1v) is 27.9. The van der Waals surface area contributed by atoms with Crippen molar-refractivity contribution in [2.45, 2.75) is 323 Å². The van der Waals surface area contributed by atoms with Crippen molar-refractivity contribution in [2.75, 3.05) is 13.2 Å². The monoisotopic (exact) mass is 877 g/mol. The lowest BCUT2D eigenvalue weighted by molar-refractivity contribution is -0.167. The van der Waals surface area contributed by atoms with Gasteiger partial charge in [-0.1, -0.05) is 278 Å². The summed E-state index contributed by atoms with van der Waals surface area (Å²) in [6.45, 7) is 9.07. The Bertz CT molecular complexity index is 935. The first-order valence-electron chi connectivity index (χ1n) is 27.9. The molecule has 0 radical (unpaired) electrons. The maximum atomic E-state index is 12.8. The molecule has 6 nitrogen and oxygen atoms in total. The quantitative estimate of drug-likeness (QED) is 0.0344. The molecule has 0 rings (SSSR count). The molecule has 1 unspecified atom stereocenters. The van der Waals surface area contributed by atoms with Crippen LogP contribution in [0.2, 0.25) is 0 Å². The van der Waals surface area contributed by atoms with Gasteiger partial charge in [-0.2, -0.15) is 0 Å². The van der Waals surface area contributed by atoms with Crippen molar-refractivity contribution in [3.63, 3.8) is 0 Å². The zero-order chi connectivity index (χ0) is 45.2. The van der Waals surface area contributed by atoms with Gasteiger partial charge in [0.2, 0.25) is 0 Å². The normalized spacial score (nSPS) is 12.4. The molecule has 62 heavy (non-hydrogen) atoms. The maximum absolute atomic E-state index is 12.8. The van der Waals surface area contributed by atoms with Gasteiger partial charge in [0.25, 0.3) is 0 Å². The van der Waals surface area contributed by atoms with Crippen molar-refractivity contribution in [2.24, 2.45) is 5.92 Å². The number of hydrogen-bond acceptors (Lipinski definition) is 6. The van der Waals surface area contributed by atoms with Crippen LogP contribution in [0.25, 0.3) is 0 Å². The minimum Gasteiger partial charge on any atom is -0.462 e. The SMILES string of the molecule is CCCCCCCCCCCCCCCCCCCCC(=O)O[C@@H](COC(=O)CCCCCCCCCCCCCC)COC(=O)CCCCCCCCCCCCC(C)CC. The summed E-state index contributed by atoms with van der Waals surface area (Å²) in [6.07, 6.45) is 53.7. The summed E-state index contributed by atoms with van der Waals surface area (Å²) in [5.41, 5.74) is 0. The van der Waals surface area contributed by atoms with E-state index < -0.39 is 6.10 Å². The van der Waals surface area contributed by atoms with Crippen LogP contribution >= 0.6 is 0 Å². The summed E-state index contributed by atoms with van der Waals surface area (Å²) in [7, 11) is 0. The maximum Gasteiger partial charge on any atom is 0.306 e. The largest absolute Gasteiger partial charge is 0.462 e. The number of unbranched alkanes of at least 4 members (excludes halogenated alkanes) is 37. The molecule has 0 saturated heterocycles. The molecule has 0 aromatic heterocycles. The van der Waals surface area contributed by atoms with Crippen molar-refractivity contribution in [3.05, 3.63) is 0 Å². The van der Waals surface area contributed by atoms with Crippen LogP contribution in [-0.2, 0) is 28.6 Å². The Kier molecular flexibility index (Phi) is 49.1. The smallest absolute Gasteiger partial charge is 0.306 e. The third kappa shape index (κ3) is 47.9. The third-order valence-electron chi connectivity index (χ3n) is 13.2. The second kappa shape index (κ2) is 50.4. The molecular formula is C56H108O6. The minimum atomic E-state index is -0.761. The standard InChI is InChI=1S/C56H108O6/c1-5-8-10-12-14-16-18-20-21-22-23-24-25-27-33-37-41-45-49-56(59)62-53(50-60-54(57)47-43-39-35-31-26-19-17-15-13-11-9-6-2)51-61-55(58)48-44-40-36-32-29-28-30-34-38-42-46-52(4)7-3/h52-53H,5-51H2,1-4H3/t52?,53-/m0/s1. The van der Waals surface area contributed by atoms with E-state index in [1.165, 1.54) is 212 Å². The molecule has 0 heterocycles. The molecule has 0 spiro atoms. The molecule has 0 aliphatic rings. The van der Waals surface area contributed by atoms with E-state index in [1.807, 2.05) is 0 Å². The van der Waals surface area contributed by atoms with Crippen molar-refractivity contribution in [1.82, 2.24) is 0 Å². The third-order valence-corrected chi connectivity index (χ3v) is 13.2. The van der Waals surface area contributed by atoms with Gasteiger partial charge in [-0.05, 0) is 25.2 Å². The van der Waals surface area contributed by atoms with E-state index in [2.05, 4.69) is 27.7 Å². The van der Waals surface area contributed by atoms with E-state index in [-0.39, 0.29) is 31.1 Å². The van der Waals surface area contributed by atoms with Gasteiger partial charge in [0.05, 0.1) is 0 Å². The highest BCUT2D eigenvalue weighted by atomic mass is 16.6. The number of ether oxygens (including phenoxy) is 3. The molecule has 6 heteroatoms. The van der Waals surface area contributed by atoms with Gasteiger partial charge in [-0.25, -0.2) is 0 Å². The molecule has 368 valence electrons. The summed E-state index contributed by atoms with van der Waals surface area (Å²) >= 11 is 0. The second-order valence-electron chi connectivity index (χ2n) is 19.5. The lowest BCUT2D eigenvalue weighted by Gasteiger charge is -2.18. The zero-order valence-electron chi connectivity index (χ0n) is 42.3. The van der Waals surface area contributed by atoms with Gasteiger partial charge in [-0.15, -0.1) is 0 Å². The van der Waals surface area contributed by atoms with Gasteiger partial charge < -0.3 is 14.2 Å². The molecule has 0 aromatic rings. The van der Waals surface area contributed by atoms with Crippen LogP contribution in [0.3, 0.4) is 0 Å². The molecule has 0 aliphatic carbocycles. The zero-order valence-corrected chi connectivity index (χ0v) is 42.3. The fraction of sp³-hybridized carbons (Fsp3) is 0.946. The Labute approximate surface area is 387 Å². The molecule has 0 bridgehead atoms. The van der Waals surface area contributed by atoms with E-state index >= 15 is 0 Å². The molecule has 0 amide bonds. The predicted molar refractivity (Wildman–Crippen MR) is 266 cm³/mol. The number of carbonyl (C=O) groups excluding carboxylic acids is 3. The fourth-order valence-corrected chi connectivity index (χ4v) is 8.54. The van der Waals surface area contributed by atoms with Gasteiger partial charge in [-0.3, -0.25) is 14.4 Å². The van der Waals surface area contributed by atoms with Crippen LogP contribution in [0.4, 0.5) is 0 Å². The van der Waals surface area contributed by atoms with Gasteiger partial charge >= 0.3 is 17.9 Å². The summed E-state index contributed by atoms with van der Waals surface area (Å²) in [5, 5.41) is 0. The second-order valence-corrected chi connectivity index (χ2v) is 19.5. The Morgan fingerprint density at radius 1 is 0.323 bits per heavy atom. The first kappa shape index (κ1) is 60.4. The molecule has 0 N–H and O–H groups in total. The lowest BCUT2D eigenvalue weighted by Crippen LogP contribution is -2.30. The van der Waals surface area contributed by atoms with E-state index in [0.717, 1.165) is 63.7 Å². The Morgan fingerprint density at radius 2 is 0.565 bits per heavy atom. The summed E-state index contributed by atoms with van der Waals surface area (Å²) in [5.74, 6) is 0.0302. The first-order chi connectivity index (χ1) is 30.4. The lowest BCUT2D eigenvalue weighted by atomic mass is 9.99. The number of rotatable bonds is 51. The molecule has 0 aliphatic heterocycles. The highest BCUT2D eigenvalue weighted by Crippen LogP contribution is 2.18. The van der Waals surface area contributed by atoms with Gasteiger partial charge in [0, 0.05) is 19.3 Å². The van der Waals surface area contributed by atoms with Crippen LogP contribution in [0.1, 0.15) is 317 Å². The van der Waals surface area contributed by atoms with Crippen LogP contribution in [-0.4, -0.2) is 37.2 Å². The molecular weight excluding hydrogens is 769 g/mol. The summed E-state index contributed by atoms with van der Waals surface area (Å²) in [6, 6.07) is 0. The van der Waals surface area contributed by atoms with E-state index in [9.17, 15) is 14.4 Å². The molecule has 2 atom stereocenters. The van der Waals surface area contributed by atoms with E-state index in [1.54, 1.807) is 0 Å². The average molecular weight is 877 g/mol.